The van der Waals surface area contributed by atoms with Gasteiger partial charge in [0.15, 0.2) is 0 Å². The number of imide groups is 1. The fourth-order valence-corrected chi connectivity index (χ4v) is 6.39. The third-order valence-corrected chi connectivity index (χ3v) is 9.56. The number of rotatable bonds is 22. The predicted octanol–water partition coefficient (Wildman–Crippen LogP) is 8.36. The van der Waals surface area contributed by atoms with Crippen LogP contribution in [0.25, 0.3) is 0 Å². The lowest BCUT2D eigenvalue weighted by atomic mass is 10.0. The lowest BCUT2D eigenvalue weighted by Crippen LogP contribution is -2.60. The zero-order valence-corrected chi connectivity index (χ0v) is 31.6. The van der Waals surface area contributed by atoms with Crippen LogP contribution in [-0.4, -0.2) is 70.9 Å². The van der Waals surface area contributed by atoms with Gasteiger partial charge in [0, 0.05) is 17.9 Å². The van der Waals surface area contributed by atoms with Crippen LogP contribution in [0.15, 0.2) is 78.9 Å². The zero-order valence-electron chi connectivity index (χ0n) is 30.8. The van der Waals surface area contributed by atoms with Crippen molar-refractivity contribution in [3.63, 3.8) is 0 Å². The van der Waals surface area contributed by atoms with E-state index in [4.69, 9.17) is 25.8 Å². The van der Waals surface area contributed by atoms with Crippen LogP contribution in [0.3, 0.4) is 0 Å². The lowest BCUT2D eigenvalue weighted by molar-refractivity contribution is -0.145. The van der Waals surface area contributed by atoms with Crippen molar-refractivity contribution in [1.82, 2.24) is 9.80 Å². The van der Waals surface area contributed by atoms with E-state index < -0.39 is 40.8 Å². The minimum atomic E-state index is -2.86. The molecule has 0 bridgehead atoms. The molecule has 1 aliphatic rings. The lowest BCUT2D eigenvalue weighted by Gasteiger charge is -2.32. The van der Waals surface area contributed by atoms with Gasteiger partial charge in [0.05, 0.1) is 25.8 Å². The molecule has 0 aromatic heterocycles. The van der Waals surface area contributed by atoms with Crippen LogP contribution in [0.2, 0.25) is 0 Å². The molecule has 1 heterocycles. The van der Waals surface area contributed by atoms with E-state index in [1.54, 1.807) is 31.2 Å². The molecular formula is C41H50ClN3O8. The van der Waals surface area contributed by atoms with Crippen molar-refractivity contribution in [2.75, 3.05) is 25.6 Å². The fraction of sp³-hybridized carbons (Fsp3) is 0.439. The van der Waals surface area contributed by atoms with Crippen LogP contribution in [0.4, 0.5) is 10.5 Å². The number of methoxy groups -OCH3 is 1. The molecule has 0 aliphatic carbocycles. The minimum absolute atomic E-state index is 0.0470. The number of benzene rings is 3. The molecule has 11 nitrogen and oxygen atoms in total. The SMILES string of the molecule is CCCCCCCCCCCCOC(=O)c1ccc(NC(=O)C(Cl)(C(=O)c2ccc(OC)cc2)N2C(=O)C(OCC)N(Cc3ccccc3)C2=O)cc1. The quantitative estimate of drug-likeness (QED) is 0.0206. The Morgan fingerprint density at radius 2 is 1.36 bits per heavy atom. The minimum Gasteiger partial charge on any atom is -0.497 e. The number of nitrogens with one attached hydrogen (secondary N) is 1. The van der Waals surface area contributed by atoms with Crippen LogP contribution >= 0.6 is 11.6 Å². The summed E-state index contributed by atoms with van der Waals surface area (Å²) in [7, 11) is 1.45. The van der Waals surface area contributed by atoms with Gasteiger partial charge < -0.3 is 19.5 Å². The molecule has 1 saturated heterocycles. The average Bonchev–Trinajstić information content (AvgIpc) is 3.41. The maximum absolute atomic E-state index is 14.2. The van der Waals surface area contributed by atoms with Gasteiger partial charge in [0.2, 0.25) is 12.0 Å². The number of halogens is 1. The van der Waals surface area contributed by atoms with Gasteiger partial charge in [-0.05, 0) is 67.4 Å². The number of carbonyl (C=O) groups excluding carboxylic acids is 5. The molecule has 53 heavy (non-hydrogen) atoms. The molecule has 4 rings (SSSR count). The third kappa shape index (κ3) is 10.7. The molecule has 0 saturated carbocycles. The summed E-state index contributed by atoms with van der Waals surface area (Å²) in [5.74, 6) is -3.22. The Balaban J connectivity index is 1.47. The first-order valence-corrected chi connectivity index (χ1v) is 18.8. The number of ketones is 1. The Morgan fingerprint density at radius 1 is 0.774 bits per heavy atom. The Labute approximate surface area is 316 Å². The highest BCUT2D eigenvalue weighted by molar-refractivity contribution is 6.51. The van der Waals surface area contributed by atoms with Crippen molar-refractivity contribution in [2.45, 2.75) is 95.8 Å². The summed E-state index contributed by atoms with van der Waals surface area (Å²) in [5.41, 5.74) is 1.07. The molecule has 284 valence electrons. The van der Waals surface area contributed by atoms with E-state index in [1.165, 1.54) is 101 Å². The van der Waals surface area contributed by atoms with Crippen LogP contribution in [0, 0.1) is 0 Å². The molecule has 1 N–H and O–H groups in total. The van der Waals surface area contributed by atoms with Gasteiger partial charge >= 0.3 is 12.0 Å². The molecule has 2 unspecified atom stereocenters. The smallest absolute Gasteiger partial charge is 0.338 e. The second kappa shape index (κ2) is 20.5. The van der Waals surface area contributed by atoms with Gasteiger partial charge in [-0.1, -0.05) is 107 Å². The van der Waals surface area contributed by atoms with Crippen molar-refractivity contribution in [3.05, 3.63) is 95.6 Å². The number of hydrogen-bond donors (Lipinski definition) is 1. The number of urea groups is 1. The summed E-state index contributed by atoms with van der Waals surface area (Å²) in [6.45, 7) is 4.19. The van der Waals surface area contributed by atoms with E-state index in [2.05, 4.69) is 12.2 Å². The van der Waals surface area contributed by atoms with E-state index in [0.717, 1.165) is 24.2 Å². The number of esters is 1. The summed E-state index contributed by atoms with van der Waals surface area (Å²) < 4.78 is 16.3. The van der Waals surface area contributed by atoms with Gasteiger partial charge in [0.1, 0.15) is 5.75 Å². The fourth-order valence-electron chi connectivity index (χ4n) is 6.08. The highest BCUT2D eigenvalue weighted by Crippen LogP contribution is 2.36. The molecule has 1 aliphatic heterocycles. The van der Waals surface area contributed by atoms with Crippen LogP contribution < -0.4 is 10.1 Å². The average molecular weight is 748 g/mol. The first-order chi connectivity index (χ1) is 25.6. The summed E-state index contributed by atoms with van der Waals surface area (Å²) in [5, 5.41) is 2.57. The largest absolute Gasteiger partial charge is 0.497 e. The number of anilines is 1. The number of unbranched alkanes of at least 4 members (excludes halogenated alkanes) is 9. The first kappa shape index (κ1) is 41.0. The number of amides is 4. The maximum atomic E-state index is 14.2. The Bertz CT molecular complexity index is 1670. The number of Topliss-reactive ketones (excluding diaryl/α,β-unsaturated/α-hetero) is 1. The van der Waals surface area contributed by atoms with Crippen LogP contribution in [0.1, 0.15) is 104 Å². The number of ether oxygens (including phenoxy) is 3. The molecule has 12 heteroatoms. The van der Waals surface area contributed by atoms with Gasteiger partial charge in [-0.15, -0.1) is 0 Å². The molecular weight excluding hydrogens is 698 g/mol. The monoisotopic (exact) mass is 747 g/mol. The topological polar surface area (TPSA) is 132 Å². The summed E-state index contributed by atoms with van der Waals surface area (Å²) in [6, 6.07) is 19.5. The van der Waals surface area contributed by atoms with E-state index in [-0.39, 0.29) is 30.0 Å². The Kier molecular flexibility index (Phi) is 15.9. The maximum Gasteiger partial charge on any atom is 0.338 e. The third-order valence-electron chi connectivity index (χ3n) is 9.04. The molecule has 1 fully saturated rings. The van der Waals surface area contributed by atoms with Gasteiger partial charge in [-0.25, -0.2) is 14.5 Å². The summed E-state index contributed by atoms with van der Waals surface area (Å²) >= 11 is 6.98. The van der Waals surface area contributed by atoms with Gasteiger partial charge in [-0.3, -0.25) is 19.3 Å². The Morgan fingerprint density at radius 3 is 1.94 bits per heavy atom. The zero-order chi connectivity index (χ0) is 38.2. The predicted molar refractivity (Wildman–Crippen MR) is 203 cm³/mol. The molecule has 3 aromatic carbocycles. The highest BCUT2D eigenvalue weighted by Gasteiger charge is 2.61. The number of alkyl halides is 1. The van der Waals surface area contributed by atoms with Crippen molar-refractivity contribution < 1.29 is 38.2 Å². The molecule has 2 atom stereocenters. The number of carbonyl (C=O) groups is 5. The van der Waals surface area contributed by atoms with Gasteiger partial charge in [0.25, 0.3) is 16.8 Å². The summed E-state index contributed by atoms with van der Waals surface area (Å²) in [6.07, 6.45) is 10.3. The van der Waals surface area contributed by atoms with E-state index >= 15 is 0 Å². The van der Waals surface area contributed by atoms with E-state index in [9.17, 15) is 24.0 Å². The van der Waals surface area contributed by atoms with Crippen molar-refractivity contribution in [3.8, 4) is 5.75 Å². The Hall–Kier alpha value is -4.74. The van der Waals surface area contributed by atoms with Crippen LogP contribution in [0.5, 0.6) is 5.75 Å². The standard InChI is InChI=1S/C41H50ClN3O8/c1-4-6-7-8-9-10-11-12-13-17-28-53-38(48)32-20-24-33(25-21-32)43-39(49)41(42,35(46)31-22-26-34(51-3)27-23-31)45-36(47)37(52-5-2)44(40(45)50)29-30-18-15-14-16-19-30/h14-16,18-27,37H,4-13,17,28-29H2,1-3H3,(H,43,49). The first-order valence-electron chi connectivity index (χ1n) is 18.4. The van der Waals surface area contributed by atoms with Crippen molar-refractivity contribution in [2.24, 2.45) is 0 Å². The van der Waals surface area contributed by atoms with E-state index in [1.807, 2.05) is 6.07 Å². The normalized spacial score (nSPS) is 15.3. The van der Waals surface area contributed by atoms with Crippen molar-refractivity contribution >= 4 is 46.9 Å². The van der Waals surface area contributed by atoms with E-state index in [0.29, 0.717) is 22.8 Å². The summed E-state index contributed by atoms with van der Waals surface area (Å²) in [4.78, 5) is 67.7. The van der Waals surface area contributed by atoms with Crippen molar-refractivity contribution in [1.29, 1.82) is 0 Å². The second-order valence-corrected chi connectivity index (χ2v) is 13.5. The number of hydrogen-bond acceptors (Lipinski definition) is 8. The van der Waals surface area contributed by atoms with Gasteiger partial charge in [-0.2, -0.15) is 0 Å². The molecule has 0 spiro atoms. The molecule has 0 radical (unpaired) electrons. The van der Waals surface area contributed by atoms with Crippen LogP contribution in [-0.2, 0) is 25.6 Å². The molecule has 3 aromatic rings. The highest BCUT2D eigenvalue weighted by atomic mass is 35.5. The number of nitrogens with zero attached hydrogens (tertiary/aromatic N) is 2. The molecule has 4 amide bonds. The second-order valence-electron chi connectivity index (χ2n) is 12.9.